The first-order valence-corrected chi connectivity index (χ1v) is 5.24. The first-order valence-electron chi connectivity index (χ1n) is 5.24. The summed E-state index contributed by atoms with van der Waals surface area (Å²) in [6.45, 7) is 1.77. The van der Waals surface area contributed by atoms with Gasteiger partial charge in [-0.25, -0.2) is 0 Å². The van der Waals surface area contributed by atoms with E-state index in [1.54, 1.807) is 33.2 Å². The summed E-state index contributed by atoms with van der Waals surface area (Å²) in [5.74, 6) is 0.876. The molecule has 1 amide bonds. The summed E-state index contributed by atoms with van der Waals surface area (Å²) in [6, 6.07) is 3.03. The number of aromatic nitrogens is 1. The molecule has 1 aromatic rings. The van der Waals surface area contributed by atoms with E-state index in [4.69, 9.17) is 10.5 Å². The van der Waals surface area contributed by atoms with Gasteiger partial charge >= 0.3 is 0 Å². The summed E-state index contributed by atoms with van der Waals surface area (Å²) in [4.78, 5) is 17.3. The van der Waals surface area contributed by atoms with Crippen molar-refractivity contribution in [2.45, 2.75) is 13.0 Å². The molecule has 0 bridgehead atoms. The molecule has 0 fully saturated rings. The van der Waals surface area contributed by atoms with Crippen LogP contribution in [0.4, 0.5) is 11.5 Å². The lowest BCUT2D eigenvalue weighted by atomic mass is 10.3. The number of nitrogens with two attached hydrogens (primary N) is 1. The zero-order valence-corrected chi connectivity index (χ0v) is 10.5. The number of pyridine rings is 1. The van der Waals surface area contributed by atoms with Crippen molar-refractivity contribution >= 4 is 17.4 Å². The van der Waals surface area contributed by atoms with Crippen LogP contribution in [0, 0.1) is 0 Å². The van der Waals surface area contributed by atoms with Crippen molar-refractivity contribution in [3.63, 3.8) is 0 Å². The van der Waals surface area contributed by atoms with Crippen molar-refractivity contribution < 1.29 is 9.53 Å². The maximum atomic E-state index is 11.6. The van der Waals surface area contributed by atoms with E-state index in [1.165, 1.54) is 12.0 Å². The van der Waals surface area contributed by atoms with E-state index in [-0.39, 0.29) is 11.9 Å². The molecular formula is C11H18N4O2. The summed E-state index contributed by atoms with van der Waals surface area (Å²) < 4.78 is 5.00. The Hall–Kier alpha value is -1.98. The number of nitrogens with one attached hydrogen (secondary N) is 1. The van der Waals surface area contributed by atoms with Crippen LogP contribution in [-0.4, -0.2) is 43.0 Å². The van der Waals surface area contributed by atoms with Gasteiger partial charge in [0.1, 0.15) is 11.9 Å². The van der Waals surface area contributed by atoms with Gasteiger partial charge in [-0.05, 0) is 19.1 Å². The van der Waals surface area contributed by atoms with E-state index in [2.05, 4.69) is 10.3 Å². The monoisotopic (exact) mass is 238 g/mol. The van der Waals surface area contributed by atoms with E-state index in [0.717, 1.165) is 0 Å². The number of ether oxygens (including phenoxy) is 1. The van der Waals surface area contributed by atoms with E-state index in [1.807, 2.05) is 0 Å². The van der Waals surface area contributed by atoms with Crippen LogP contribution in [0.15, 0.2) is 12.1 Å². The van der Waals surface area contributed by atoms with Crippen molar-refractivity contribution in [1.29, 1.82) is 0 Å². The average molecular weight is 238 g/mol. The quantitative estimate of drug-likeness (QED) is 0.801. The molecule has 1 rings (SSSR count). The average Bonchev–Trinajstić information content (AvgIpc) is 2.30. The van der Waals surface area contributed by atoms with Crippen LogP contribution in [0.2, 0.25) is 0 Å². The maximum absolute atomic E-state index is 11.6. The Morgan fingerprint density at radius 3 is 2.71 bits per heavy atom. The highest BCUT2D eigenvalue weighted by molar-refractivity contribution is 5.83. The van der Waals surface area contributed by atoms with Gasteiger partial charge < -0.3 is 20.7 Å². The zero-order chi connectivity index (χ0) is 13.0. The molecule has 0 aromatic carbocycles. The third-order valence-corrected chi connectivity index (χ3v) is 2.26. The molecule has 6 nitrogen and oxygen atoms in total. The fourth-order valence-electron chi connectivity index (χ4n) is 1.37. The zero-order valence-electron chi connectivity index (χ0n) is 10.5. The van der Waals surface area contributed by atoms with E-state index in [0.29, 0.717) is 17.4 Å². The molecule has 94 valence electrons. The topological polar surface area (TPSA) is 80.5 Å². The molecule has 0 aliphatic heterocycles. The van der Waals surface area contributed by atoms with Crippen LogP contribution in [0.25, 0.3) is 0 Å². The lowest BCUT2D eigenvalue weighted by Crippen LogP contribution is -2.36. The van der Waals surface area contributed by atoms with Crippen LogP contribution in [0.5, 0.6) is 5.88 Å². The number of nitrogen functional groups attached to an aromatic ring is 1. The molecule has 1 heterocycles. The minimum Gasteiger partial charge on any atom is -0.479 e. The lowest BCUT2D eigenvalue weighted by Gasteiger charge is -2.18. The molecule has 0 spiro atoms. The Bertz CT molecular complexity index is 406. The Morgan fingerprint density at radius 1 is 1.53 bits per heavy atom. The molecule has 0 radical (unpaired) electrons. The van der Waals surface area contributed by atoms with Crippen LogP contribution in [-0.2, 0) is 4.79 Å². The molecule has 0 aliphatic rings. The van der Waals surface area contributed by atoms with Crippen molar-refractivity contribution in [1.82, 2.24) is 9.88 Å². The van der Waals surface area contributed by atoms with E-state index in [9.17, 15) is 4.79 Å². The van der Waals surface area contributed by atoms with Gasteiger partial charge in [0.05, 0.1) is 12.8 Å². The normalized spacial score (nSPS) is 11.8. The van der Waals surface area contributed by atoms with Gasteiger partial charge in [-0.1, -0.05) is 0 Å². The van der Waals surface area contributed by atoms with Gasteiger partial charge in [-0.15, -0.1) is 0 Å². The highest BCUT2D eigenvalue weighted by atomic mass is 16.5. The fourth-order valence-corrected chi connectivity index (χ4v) is 1.37. The number of nitrogens with zero attached hydrogens (tertiary/aromatic N) is 2. The lowest BCUT2D eigenvalue weighted by molar-refractivity contribution is -0.129. The number of carbonyl (C=O) groups excluding carboxylic acids is 1. The molecule has 1 aromatic heterocycles. The number of rotatable bonds is 4. The first kappa shape index (κ1) is 13.1. The van der Waals surface area contributed by atoms with Gasteiger partial charge in [0.2, 0.25) is 11.8 Å². The Morgan fingerprint density at radius 2 is 2.18 bits per heavy atom. The molecular weight excluding hydrogens is 220 g/mol. The molecule has 0 aliphatic carbocycles. The standard InChI is InChI=1S/C11H18N4O2/c1-7(11(16)15(2)3)13-9-6-5-8(12)10(14-9)17-4/h5-7H,12H2,1-4H3,(H,13,14). The Labute approximate surface area is 101 Å². The van der Waals surface area contributed by atoms with Crippen molar-refractivity contribution in [3.8, 4) is 5.88 Å². The Balaban J connectivity index is 2.78. The van der Waals surface area contributed by atoms with Gasteiger partial charge in [0.25, 0.3) is 0 Å². The van der Waals surface area contributed by atoms with Crippen molar-refractivity contribution in [3.05, 3.63) is 12.1 Å². The van der Waals surface area contributed by atoms with Crippen LogP contribution in [0.3, 0.4) is 0 Å². The second-order valence-electron chi connectivity index (χ2n) is 3.89. The maximum Gasteiger partial charge on any atom is 0.244 e. The SMILES string of the molecule is COc1nc(NC(C)C(=O)N(C)C)ccc1N. The molecule has 0 saturated heterocycles. The second-order valence-corrected chi connectivity index (χ2v) is 3.89. The highest BCUT2D eigenvalue weighted by Crippen LogP contribution is 2.20. The van der Waals surface area contributed by atoms with Crippen LogP contribution < -0.4 is 15.8 Å². The number of amides is 1. The number of methoxy groups -OCH3 is 1. The second kappa shape index (κ2) is 5.38. The molecule has 1 atom stereocenters. The number of likely N-dealkylation sites (N-methyl/N-ethyl adjacent to an activating group) is 1. The van der Waals surface area contributed by atoms with Crippen molar-refractivity contribution in [2.24, 2.45) is 0 Å². The van der Waals surface area contributed by atoms with Crippen LogP contribution in [0.1, 0.15) is 6.92 Å². The fraction of sp³-hybridized carbons (Fsp3) is 0.455. The summed E-state index contributed by atoms with van der Waals surface area (Å²) in [7, 11) is 4.91. The third kappa shape index (κ3) is 3.24. The molecule has 3 N–H and O–H groups in total. The van der Waals surface area contributed by atoms with E-state index < -0.39 is 0 Å². The number of anilines is 2. The van der Waals surface area contributed by atoms with Gasteiger partial charge in [-0.3, -0.25) is 4.79 Å². The first-order chi connectivity index (χ1) is 7.95. The number of hydrogen-bond donors (Lipinski definition) is 2. The summed E-state index contributed by atoms with van der Waals surface area (Å²) >= 11 is 0. The predicted octanol–water partition coefficient (Wildman–Crippen LogP) is 0.561. The van der Waals surface area contributed by atoms with Gasteiger partial charge in [0.15, 0.2) is 0 Å². The largest absolute Gasteiger partial charge is 0.479 e. The van der Waals surface area contributed by atoms with Crippen molar-refractivity contribution in [2.75, 3.05) is 32.3 Å². The van der Waals surface area contributed by atoms with Gasteiger partial charge in [-0.2, -0.15) is 4.98 Å². The minimum atomic E-state index is -0.356. The minimum absolute atomic E-state index is 0.0254. The van der Waals surface area contributed by atoms with Gasteiger partial charge in [0, 0.05) is 14.1 Å². The summed E-state index contributed by atoms with van der Waals surface area (Å²) in [5, 5.41) is 2.99. The van der Waals surface area contributed by atoms with E-state index >= 15 is 0 Å². The summed E-state index contributed by atoms with van der Waals surface area (Å²) in [6.07, 6.45) is 0. The Kier molecular flexibility index (Phi) is 4.14. The molecule has 1 unspecified atom stereocenters. The smallest absolute Gasteiger partial charge is 0.244 e. The molecule has 6 heteroatoms. The number of carbonyl (C=O) groups is 1. The predicted molar refractivity (Wildman–Crippen MR) is 67.0 cm³/mol. The number of hydrogen-bond acceptors (Lipinski definition) is 5. The molecule has 0 saturated carbocycles. The highest BCUT2D eigenvalue weighted by Gasteiger charge is 2.15. The molecule has 17 heavy (non-hydrogen) atoms. The third-order valence-electron chi connectivity index (χ3n) is 2.26. The summed E-state index contributed by atoms with van der Waals surface area (Å²) in [5.41, 5.74) is 6.11. The van der Waals surface area contributed by atoms with Crippen LogP contribution >= 0.6 is 0 Å².